The lowest BCUT2D eigenvalue weighted by molar-refractivity contribution is 0.983. The van der Waals surface area contributed by atoms with Gasteiger partial charge in [-0.2, -0.15) is 0 Å². The van der Waals surface area contributed by atoms with Crippen molar-refractivity contribution in [2.45, 2.75) is 26.7 Å². The van der Waals surface area contributed by atoms with Crippen LogP contribution in [0.3, 0.4) is 0 Å². The van der Waals surface area contributed by atoms with E-state index in [1.165, 1.54) is 20.2 Å². The molecule has 0 aliphatic rings. The minimum Gasteiger partial charge on any atom is -0.241 e. The van der Waals surface area contributed by atoms with Crippen LogP contribution >= 0.6 is 22.7 Å². The smallest absolute Gasteiger partial charge is 0.168 e. The highest BCUT2D eigenvalue weighted by atomic mass is 32.1. The second-order valence-electron chi connectivity index (χ2n) is 5.29. The van der Waals surface area contributed by atoms with Gasteiger partial charge in [0.15, 0.2) is 5.01 Å². The molecule has 108 valence electrons. The number of benzene rings is 2. The molecule has 2 nitrogen and oxygen atoms in total. The van der Waals surface area contributed by atoms with Gasteiger partial charge in [0.1, 0.15) is 0 Å². The topological polar surface area (TPSA) is 25.8 Å². The number of aromatic nitrogens is 2. The molecule has 2 aromatic heterocycles. The standard InChI is InChI=1S/C18H14N2S2/c1-3-4-5-6-18-20-15-8-13-9-16-14(19-11(2)21-16)7-12(13)10-17(15)22-18/h7-10H,3-4H2,1-2H3. The largest absolute Gasteiger partial charge is 0.241 e. The van der Waals surface area contributed by atoms with E-state index in [4.69, 9.17) is 0 Å². The molecule has 0 N–H and O–H groups in total. The minimum absolute atomic E-state index is 0.912. The highest BCUT2D eigenvalue weighted by molar-refractivity contribution is 7.19. The molecular formula is C18H14N2S2. The van der Waals surface area contributed by atoms with Crippen LogP contribution in [0.15, 0.2) is 24.3 Å². The molecule has 0 amide bonds. The molecular weight excluding hydrogens is 308 g/mol. The summed E-state index contributed by atoms with van der Waals surface area (Å²) in [5.74, 6) is 6.34. The van der Waals surface area contributed by atoms with Crippen molar-refractivity contribution in [1.29, 1.82) is 0 Å². The van der Waals surface area contributed by atoms with Crippen LogP contribution in [0.25, 0.3) is 31.2 Å². The van der Waals surface area contributed by atoms with Crippen molar-refractivity contribution in [3.05, 3.63) is 34.3 Å². The monoisotopic (exact) mass is 322 g/mol. The third-order valence-electron chi connectivity index (χ3n) is 3.53. The lowest BCUT2D eigenvalue weighted by Gasteiger charge is -1.97. The van der Waals surface area contributed by atoms with E-state index >= 15 is 0 Å². The molecule has 0 fully saturated rings. The van der Waals surface area contributed by atoms with Crippen LogP contribution < -0.4 is 0 Å². The highest BCUT2D eigenvalue weighted by Crippen LogP contribution is 2.31. The van der Waals surface area contributed by atoms with E-state index in [1.54, 1.807) is 22.7 Å². The maximum Gasteiger partial charge on any atom is 0.168 e. The van der Waals surface area contributed by atoms with Crippen LogP contribution in [0.1, 0.15) is 29.8 Å². The van der Waals surface area contributed by atoms with Gasteiger partial charge in [-0.3, -0.25) is 0 Å². The zero-order valence-corrected chi connectivity index (χ0v) is 14.1. The number of hydrogen-bond acceptors (Lipinski definition) is 4. The molecule has 22 heavy (non-hydrogen) atoms. The molecule has 0 saturated heterocycles. The zero-order chi connectivity index (χ0) is 15.1. The zero-order valence-electron chi connectivity index (χ0n) is 12.4. The molecule has 0 spiro atoms. The summed E-state index contributed by atoms with van der Waals surface area (Å²) < 4.78 is 2.43. The van der Waals surface area contributed by atoms with Crippen molar-refractivity contribution in [3.63, 3.8) is 0 Å². The number of thiazole rings is 2. The van der Waals surface area contributed by atoms with E-state index < -0.39 is 0 Å². The van der Waals surface area contributed by atoms with Gasteiger partial charge in [-0.1, -0.05) is 12.8 Å². The Bertz CT molecular complexity index is 990. The Kier molecular flexibility index (Phi) is 3.33. The van der Waals surface area contributed by atoms with Crippen LogP contribution in [0.4, 0.5) is 0 Å². The Morgan fingerprint density at radius 3 is 2.36 bits per heavy atom. The highest BCUT2D eigenvalue weighted by Gasteiger charge is 2.07. The lowest BCUT2D eigenvalue weighted by atomic mass is 10.1. The van der Waals surface area contributed by atoms with Crippen LogP contribution in [0.2, 0.25) is 0 Å². The summed E-state index contributed by atoms with van der Waals surface area (Å²) in [4.78, 5) is 9.24. The summed E-state index contributed by atoms with van der Waals surface area (Å²) in [6.07, 6.45) is 2.02. The van der Waals surface area contributed by atoms with Gasteiger partial charge in [0.2, 0.25) is 0 Å². The molecule has 4 heteroatoms. The lowest BCUT2D eigenvalue weighted by Crippen LogP contribution is -1.76. The molecule has 0 atom stereocenters. The van der Waals surface area contributed by atoms with Crippen molar-refractivity contribution >= 4 is 53.9 Å². The molecule has 2 heterocycles. The SMILES string of the molecule is CCCC#Cc1nc2cc3cc4sc(C)nc4cc3cc2s1. The fraction of sp³-hybridized carbons (Fsp3) is 0.222. The van der Waals surface area contributed by atoms with Crippen molar-refractivity contribution in [1.82, 2.24) is 9.97 Å². The molecule has 2 aromatic carbocycles. The summed E-state index contributed by atoms with van der Waals surface area (Å²) in [7, 11) is 0. The van der Waals surface area contributed by atoms with Gasteiger partial charge in [-0.15, -0.1) is 22.7 Å². The van der Waals surface area contributed by atoms with Crippen molar-refractivity contribution < 1.29 is 0 Å². The Morgan fingerprint density at radius 1 is 0.955 bits per heavy atom. The van der Waals surface area contributed by atoms with Crippen LogP contribution in [-0.2, 0) is 0 Å². The molecule has 0 radical (unpaired) electrons. The minimum atomic E-state index is 0.912. The van der Waals surface area contributed by atoms with Crippen LogP contribution in [0, 0.1) is 18.8 Å². The number of unbranched alkanes of at least 4 members (excludes halogenated alkanes) is 1. The van der Waals surface area contributed by atoms with E-state index in [2.05, 4.69) is 59.9 Å². The Labute approximate surface area is 136 Å². The van der Waals surface area contributed by atoms with Crippen LogP contribution in [-0.4, -0.2) is 9.97 Å². The summed E-state index contributed by atoms with van der Waals surface area (Å²) in [5, 5.41) is 4.47. The predicted molar refractivity (Wildman–Crippen MR) is 96.8 cm³/mol. The van der Waals surface area contributed by atoms with Crippen molar-refractivity contribution in [2.24, 2.45) is 0 Å². The third-order valence-corrected chi connectivity index (χ3v) is 5.40. The van der Waals surface area contributed by atoms with Gasteiger partial charge in [-0.05, 0) is 54.3 Å². The summed E-state index contributed by atoms with van der Waals surface area (Å²) >= 11 is 3.41. The maximum absolute atomic E-state index is 4.65. The first-order chi connectivity index (χ1) is 10.7. The Hall–Kier alpha value is -1.96. The third kappa shape index (κ3) is 2.37. The maximum atomic E-state index is 4.65. The molecule has 4 rings (SSSR count). The molecule has 0 unspecified atom stereocenters. The van der Waals surface area contributed by atoms with E-state index in [1.807, 2.05) is 0 Å². The van der Waals surface area contributed by atoms with Gasteiger partial charge in [-0.25, -0.2) is 9.97 Å². The quantitative estimate of drug-likeness (QED) is 0.431. The number of rotatable bonds is 1. The molecule has 4 aromatic rings. The Morgan fingerprint density at radius 2 is 1.64 bits per heavy atom. The molecule has 0 bridgehead atoms. The number of nitrogens with zero attached hydrogens (tertiary/aromatic N) is 2. The first kappa shape index (κ1) is 13.7. The van der Waals surface area contributed by atoms with E-state index in [-0.39, 0.29) is 0 Å². The average molecular weight is 322 g/mol. The van der Waals surface area contributed by atoms with Gasteiger partial charge in [0.25, 0.3) is 0 Å². The molecule has 0 aliphatic carbocycles. The van der Waals surface area contributed by atoms with Crippen molar-refractivity contribution in [2.75, 3.05) is 0 Å². The Balaban J connectivity index is 1.90. The second-order valence-corrected chi connectivity index (χ2v) is 7.56. The average Bonchev–Trinajstić information content (AvgIpc) is 3.03. The van der Waals surface area contributed by atoms with Crippen LogP contribution in [0.5, 0.6) is 0 Å². The summed E-state index contributed by atoms with van der Waals surface area (Å²) in [6, 6.07) is 8.77. The summed E-state index contributed by atoms with van der Waals surface area (Å²) in [5.41, 5.74) is 2.13. The fourth-order valence-corrected chi connectivity index (χ4v) is 4.25. The second kappa shape index (κ2) is 5.35. The first-order valence-electron chi connectivity index (χ1n) is 7.33. The predicted octanol–water partition coefficient (Wildman–Crippen LogP) is 5.52. The van der Waals surface area contributed by atoms with E-state index in [0.29, 0.717) is 0 Å². The molecule has 0 aliphatic heterocycles. The first-order valence-corrected chi connectivity index (χ1v) is 8.96. The van der Waals surface area contributed by atoms with Crippen molar-refractivity contribution in [3.8, 4) is 11.8 Å². The van der Waals surface area contributed by atoms with Gasteiger partial charge >= 0.3 is 0 Å². The number of hydrogen-bond donors (Lipinski definition) is 0. The fourth-order valence-electron chi connectivity index (χ4n) is 2.53. The number of aryl methyl sites for hydroxylation is 1. The van der Waals surface area contributed by atoms with Gasteiger partial charge in [0.05, 0.1) is 25.4 Å². The van der Waals surface area contributed by atoms with Gasteiger partial charge < -0.3 is 0 Å². The van der Waals surface area contributed by atoms with E-state index in [0.717, 1.165) is 33.9 Å². The number of fused-ring (bicyclic) bond motifs is 3. The molecule has 0 saturated carbocycles. The van der Waals surface area contributed by atoms with E-state index in [9.17, 15) is 0 Å². The normalized spacial score (nSPS) is 11.2. The van der Waals surface area contributed by atoms with Gasteiger partial charge in [0, 0.05) is 6.42 Å². The summed E-state index contributed by atoms with van der Waals surface area (Å²) in [6.45, 7) is 4.19.